The Morgan fingerprint density at radius 2 is 1.87 bits per heavy atom. The Labute approximate surface area is 172 Å². The second kappa shape index (κ2) is 7.26. The third-order valence-electron chi connectivity index (χ3n) is 4.99. The lowest BCUT2D eigenvalue weighted by Crippen LogP contribution is -2.17. The number of aromatic nitrogens is 3. The largest absolute Gasteiger partial charge is 0.440 e. The monoisotopic (exact) mass is 402 g/mol. The highest BCUT2D eigenvalue weighted by molar-refractivity contribution is 6.03. The number of nitrogens with zero attached hydrogens (tertiary/aromatic N) is 3. The van der Waals surface area contributed by atoms with Crippen LogP contribution in [0.25, 0.3) is 17.1 Å². The van der Waals surface area contributed by atoms with E-state index in [1.807, 2.05) is 30.3 Å². The van der Waals surface area contributed by atoms with Crippen molar-refractivity contribution in [1.29, 1.82) is 0 Å². The number of para-hydroxylation sites is 1. The van der Waals surface area contributed by atoms with E-state index >= 15 is 0 Å². The van der Waals surface area contributed by atoms with Crippen LogP contribution in [0.1, 0.15) is 40.7 Å². The molecule has 0 aliphatic heterocycles. The van der Waals surface area contributed by atoms with Crippen LogP contribution in [0.4, 0.5) is 10.2 Å². The summed E-state index contributed by atoms with van der Waals surface area (Å²) in [6.45, 7) is 1.78. The summed E-state index contributed by atoms with van der Waals surface area (Å²) < 4.78 is 21.6. The molecule has 1 fully saturated rings. The molecule has 0 atom stereocenters. The third kappa shape index (κ3) is 3.39. The Bertz CT molecular complexity index is 1230. The van der Waals surface area contributed by atoms with E-state index in [4.69, 9.17) is 4.42 Å². The van der Waals surface area contributed by atoms with Gasteiger partial charge in [-0.15, -0.1) is 0 Å². The van der Waals surface area contributed by atoms with E-state index in [-0.39, 0.29) is 17.3 Å². The summed E-state index contributed by atoms with van der Waals surface area (Å²) in [5.41, 5.74) is 1.98. The summed E-state index contributed by atoms with van der Waals surface area (Å²) in [6.07, 6.45) is 1.94. The highest BCUT2D eigenvalue weighted by Gasteiger charge is 2.34. The van der Waals surface area contributed by atoms with Gasteiger partial charge in [0.15, 0.2) is 5.69 Å². The number of hydrogen-bond donors (Lipinski definition) is 1. The SMILES string of the molecule is Cc1cc(NC(=O)c2nc(-c3ccccc3)oc2C2CC2)n(-c2ccccc2F)n1. The van der Waals surface area contributed by atoms with E-state index in [1.54, 1.807) is 31.2 Å². The van der Waals surface area contributed by atoms with Crippen LogP contribution in [0.5, 0.6) is 0 Å². The van der Waals surface area contributed by atoms with Gasteiger partial charge in [0.1, 0.15) is 23.1 Å². The first-order valence-corrected chi connectivity index (χ1v) is 9.79. The van der Waals surface area contributed by atoms with Gasteiger partial charge in [-0.1, -0.05) is 30.3 Å². The molecule has 2 aromatic carbocycles. The molecule has 150 valence electrons. The summed E-state index contributed by atoms with van der Waals surface area (Å²) in [7, 11) is 0. The van der Waals surface area contributed by atoms with Gasteiger partial charge in [-0.3, -0.25) is 4.79 Å². The standard InChI is InChI=1S/C23H19FN4O2/c1-14-13-19(28(27-14)18-10-6-5-9-17(18)24)25-22(29)20-21(15-11-12-15)30-23(26-20)16-7-3-2-4-8-16/h2-10,13,15H,11-12H2,1H3,(H,25,29). The van der Waals surface area contributed by atoms with E-state index in [9.17, 15) is 9.18 Å². The van der Waals surface area contributed by atoms with Crippen molar-refractivity contribution in [3.8, 4) is 17.1 Å². The minimum atomic E-state index is -0.428. The molecule has 1 saturated carbocycles. The van der Waals surface area contributed by atoms with E-state index in [2.05, 4.69) is 15.4 Å². The van der Waals surface area contributed by atoms with Gasteiger partial charge in [-0.05, 0) is 44.0 Å². The van der Waals surface area contributed by atoms with Crippen LogP contribution < -0.4 is 5.32 Å². The van der Waals surface area contributed by atoms with Crippen LogP contribution in [-0.2, 0) is 0 Å². The molecule has 6 nitrogen and oxygen atoms in total. The molecule has 1 amide bonds. The molecular formula is C23H19FN4O2. The van der Waals surface area contributed by atoms with Gasteiger partial charge in [-0.2, -0.15) is 5.10 Å². The van der Waals surface area contributed by atoms with Gasteiger partial charge in [0, 0.05) is 17.5 Å². The zero-order valence-corrected chi connectivity index (χ0v) is 16.3. The maximum absolute atomic E-state index is 14.3. The average molecular weight is 402 g/mol. The lowest BCUT2D eigenvalue weighted by atomic mass is 10.2. The summed E-state index contributed by atoms with van der Waals surface area (Å²) in [6, 6.07) is 17.5. The molecule has 0 bridgehead atoms. The van der Waals surface area contributed by atoms with Crippen molar-refractivity contribution in [2.45, 2.75) is 25.7 Å². The Morgan fingerprint density at radius 3 is 2.60 bits per heavy atom. The smallest absolute Gasteiger partial charge is 0.279 e. The fourth-order valence-electron chi connectivity index (χ4n) is 3.39. The average Bonchev–Trinajstić information content (AvgIpc) is 3.40. The number of carbonyl (C=O) groups excluding carboxylic acids is 1. The minimum absolute atomic E-state index is 0.203. The molecule has 2 heterocycles. The number of amides is 1. The first kappa shape index (κ1) is 18.3. The Morgan fingerprint density at radius 1 is 1.13 bits per heavy atom. The number of aryl methyl sites for hydroxylation is 1. The summed E-state index contributed by atoms with van der Waals surface area (Å²) in [5.74, 6) is 0.756. The minimum Gasteiger partial charge on any atom is -0.440 e. The number of carbonyl (C=O) groups is 1. The van der Waals surface area contributed by atoms with E-state index in [0.717, 1.165) is 18.4 Å². The van der Waals surface area contributed by atoms with Crippen molar-refractivity contribution in [2.75, 3.05) is 5.32 Å². The van der Waals surface area contributed by atoms with Crippen molar-refractivity contribution in [2.24, 2.45) is 0 Å². The molecule has 0 radical (unpaired) electrons. The molecule has 2 aromatic heterocycles. The summed E-state index contributed by atoms with van der Waals surface area (Å²) >= 11 is 0. The van der Waals surface area contributed by atoms with Gasteiger partial charge in [0.25, 0.3) is 5.91 Å². The summed E-state index contributed by atoms with van der Waals surface area (Å²) in [4.78, 5) is 17.6. The maximum Gasteiger partial charge on any atom is 0.279 e. The van der Waals surface area contributed by atoms with Crippen LogP contribution in [0, 0.1) is 12.7 Å². The Balaban J connectivity index is 1.50. The predicted octanol–water partition coefficient (Wildman–Crippen LogP) is 5.10. The molecule has 30 heavy (non-hydrogen) atoms. The van der Waals surface area contributed by atoms with Gasteiger partial charge < -0.3 is 9.73 Å². The summed E-state index contributed by atoms with van der Waals surface area (Å²) in [5, 5.41) is 7.16. The number of halogens is 1. The maximum atomic E-state index is 14.3. The fraction of sp³-hybridized carbons (Fsp3) is 0.174. The third-order valence-corrected chi connectivity index (χ3v) is 4.99. The van der Waals surface area contributed by atoms with Crippen LogP contribution in [0.3, 0.4) is 0 Å². The molecule has 0 unspecified atom stereocenters. The van der Waals surface area contributed by atoms with Crippen molar-refractivity contribution < 1.29 is 13.6 Å². The fourth-order valence-corrected chi connectivity index (χ4v) is 3.39. The molecule has 1 aliphatic carbocycles. The quantitative estimate of drug-likeness (QED) is 0.504. The zero-order valence-electron chi connectivity index (χ0n) is 16.3. The highest BCUT2D eigenvalue weighted by Crippen LogP contribution is 2.43. The van der Waals surface area contributed by atoms with Crippen molar-refractivity contribution in [3.05, 3.63) is 83.6 Å². The number of hydrogen-bond acceptors (Lipinski definition) is 4. The number of oxazole rings is 1. The van der Waals surface area contributed by atoms with Crippen molar-refractivity contribution >= 4 is 11.7 Å². The molecule has 0 spiro atoms. The zero-order chi connectivity index (χ0) is 20.7. The molecule has 1 N–H and O–H groups in total. The second-order valence-corrected chi connectivity index (χ2v) is 7.36. The first-order valence-electron chi connectivity index (χ1n) is 9.79. The lowest BCUT2D eigenvalue weighted by molar-refractivity contribution is 0.102. The molecule has 0 saturated heterocycles. The normalized spacial score (nSPS) is 13.4. The number of nitrogens with one attached hydrogen (secondary N) is 1. The first-order chi connectivity index (χ1) is 14.6. The van der Waals surface area contributed by atoms with Crippen molar-refractivity contribution in [1.82, 2.24) is 14.8 Å². The van der Waals surface area contributed by atoms with E-state index in [0.29, 0.717) is 23.2 Å². The van der Waals surface area contributed by atoms with Crippen LogP contribution >= 0.6 is 0 Å². The second-order valence-electron chi connectivity index (χ2n) is 7.36. The topological polar surface area (TPSA) is 73.0 Å². The van der Waals surface area contributed by atoms with Crippen LogP contribution in [0.2, 0.25) is 0 Å². The molecule has 7 heteroatoms. The van der Waals surface area contributed by atoms with Gasteiger partial charge in [-0.25, -0.2) is 14.1 Å². The molecular weight excluding hydrogens is 383 g/mol. The number of rotatable bonds is 5. The Hall–Kier alpha value is -3.74. The number of anilines is 1. The van der Waals surface area contributed by atoms with Crippen LogP contribution in [-0.4, -0.2) is 20.7 Å². The van der Waals surface area contributed by atoms with E-state index < -0.39 is 11.7 Å². The molecule has 4 aromatic rings. The Kier molecular flexibility index (Phi) is 4.43. The predicted molar refractivity (Wildman–Crippen MR) is 110 cm³/mol. The lowest BCUT2D eigenvalue weighted by Gasteiger charge is -2.09. The van der Waals surface area contributed by atoms with Crippen molar-refractivity contribution in [3.63, 3.8) is 0 Å². The highest BCUT2D eigenvalue weighted by atomic mass is 19.1. The molecule has 1 aliphatic rings. The van der Waals surface area contributed by atoms with Gasteiger partial charge in [0.05, 0.1) is 5.69 Å². The number of benzene rings is 2. The van der Waals surface area contributed by atoms with Gasteiger partial charge in [0.2, 0.25) is 5.89 Å². The van der Waals surface area contributed by atoms with Crippen LogP contribution in [0.15, 0.2) is 65.1 Å². The van der Waals surface area contributed by atoms with Gasteiger partial charge >= 0.3 is 0 Å². The van der Waals surface area contributed by atoms with E-state index in [1.165, 1.54) is 10.7 Å². The molecule has 5 rings (SSSR count).